The maximum atomic E-state index is 12.4. The molecule has 0 fully saturated rings. The molecule has 0 radical (unpaired) electrons. The monoisotopic (exact) mass is 410 g/mol. The molecule has 0 unspecified atom stereocenters. The smallest absolute Gasteiger partial charge is 0.408 e. The molecular formula is C22H26N4O4. The summed E-state index contributed by atoms with van der Waals surface area (Å²) in [6.45, 7) is 7.16. The second-order valence-electron chi connectivity index (χ2n) is 7.87. The highest BCUT2D eigenvalue weighted by Gasteiger charge is 2.21. The van der Waals surface area contributed by atoms with Gasteiger partial charge in [0.1, 0.15) is 29.6 Å². The molecule has 0 bridgehead atoms. The van der Waals surface area contributed by atoms with Crippen LogP contribution >= 0.6 is 0 Å². The molecule has 2 heterocycles. The fraction of sp³-hybridized carbons (Fsp3) is 0.318. The number of nitrogens with one attached hydrogen (secondary N) is 2. The minimum Gasteiger partial charge on any atom is -0.487 e. The fourth-order valence-corrected chi connectivity index (χ4v) is 2.68. The third kappa shape index (κ3) is 5.97. The maximum absolute atomic E-state index is 12.4. The van der Waals surface area contributed by atoms with Gasteiger partial charge in [-0.15, -0.1) is 0 Å². The lowest BCUT2D eigenvalue weighted by Crippen LogP contribution is -2.43. The highest BCUT2D eigenvalue weighted by Crippen LogP contribution is 2.19. The van der Waals surface area contributed by atoms with Gasteiger partial charge in [0.05, 0.1) is 5.69 Å². The Morgan fingerprint density at radius 1 is 1.17 bits per heavy atom. The number of pyridine rings is 1. The Balaban J connectivity index is 1.55. The zero-order valence-corrected chi connectivity index (χ0v) is 17.5. The van der Waals surface area contributed by atoms with Crippen molar-refractivity contribution in [3.63, 3.8) is 0 Å². The van der Waals surface area contributed by atoms with E-state index in [1.807, 2.05) is 35.0 Å². The molecule has 0 aliphatic heterocycles. The van der Waals surface area contributed by atoms with Crippen LogP contribution in [0, 0.1) is 0 Å². The number of imidazole rings is 1. The number of ether oxygens (including phenoxy) is 2. The van der Waals surface area contributed by atoms with Crippen LogP contribution in [0.1, 0.15) is 33.4 Å². The first-order chi connectivity index (χ1) is 14.2. The van der Waals surface area contributed by atoms with Crippen molar-refractivity contribution in [3.8, 4) is 5.75 Å². The van der Waals surface area contributed by atoms with Crippen LogP contribution in [-0.4, -0.2) is 33.0 Å². The van der Waals surface area contributed by atoms with E-state index in [0.717, 1.165) is 11.3 Å². The molecule has 0 saturated carbocycles. The van der Waals surface area contributed by atoms with Crippen molar-refractivity contribution >= 4 is 23.3 Å². The first kappa shape index (κ1) is 21.2. The van der Waals surface area contributed by atoms with Crippen LogP contribution in [0.2, 0.25) is 0 Å². The standard InChI is InChI=1S/C22H26N4O4/c1-15(23-21(28)30-22(2,3)4)20(27)25-16-8-7-9-18(12-16)29-14-17-13-26-11-6-5-10-19(26)24-17/h5-13,15H,14H2,1-4H3,(H,23,28)(H,25,27)/t15-/m1/s1. The quantitative estimate of drug-likeness (QED) is 0.645. The van der Waals surface area contributed by atoms with E-state index in [0.29, 0.717) is 18.0 Å². The molecule has 2 N–H and O–H groups in total. The van der Waals surface area contributed by atoms with Gasteiger partial charge in [-0.1, -0.05) is 12.1 Å². The fourth-order valence-electron chi connectivity index (χ4n) is 2.68. The van der Waals surface area contributed by atoms with Crippen LogP contribution in [0.4, 0.5) is 10.5 Å². The summed E-state index contributed by atoms with van der Waals surface area (Å²) in [5.41, 5.74) is 1.58. The van der Waals surface area contributed by atoms with Crippen molar-refractivity contribution in [2.24, 2.45) is 0 Å². The number of benzene rings is 1. The van der Waals surface area contributed by atoms with Gasteiger partial charge in [-0.25, -0.2) is 9.78 Å². The number of aromatic nitrogens is 2. The first-order valence-electron chi connectivity index (χ1n) is 9.65. The minimum absolute atomic E-state index is 0.301. The lowest BCUT2D eigenvalue weighted by molar-refractivity contribution is -0.117. The Hall–Kier alpha value is -3.55. The number of hydrogen-bond acceptors (Lipinski definition) is 5. The molecule has 3 aromatic rings. The number of alkyl carbamates (subject to hydrolysis) is 1. The molecule has 0 spiro atoms. The molecule has 3 rings (SSSR count). The van der Waals surface area contributed by atoms with Gasteiger partial charge in [-0.2, -0.15) is 0 Å². The van der Waals surface area contributed by atoms with Gasteiger partial charge in [0, 0.05) is 24.1 Å². The van der Waals surface area contributed by atoms with Crippen LogP contribution < -0.4 is 15.4 Å². The van der Waals surface area contributed by atoms with Gasteiger partial charge in [-0.05, 0) is 52.0 Å². The highest BCUT2D eigenvalue weighted by molar-refractivity contribution is 5.96. The van der Waals surface area contributed by atoms with Gasteiger partial charge in [0.15, 0.2) is 0 Å². The molecule has 2 amide bonds. The van der Waals surface area contributed by atoms with E-state index in [1.54, 1.807) is 52.0 Å². The summed E-state index contributed by atoms with van der Waals surface area (Å²) in [7, 11) is 0. The molecule has 0 aliphatic carbocycles. The zero-order chi connectivity index (χ0) is 21.7. The van der Waals surface area contributed by atoms with E-state index >= 15 is 0 Å². The summed E-state index contributed by atoms with van der Waals surface area (Å²) in [5.74, 6) is 0.232. The van der Waals surface area contributed by atoms with Crippen molar-refractivity contribution < 1.29 is 19.1 Å². The average Bonchev–Trinajstić information content (AvgIpc) is 3.08. The molecule has 8 heteroatoms. The molecule has 1 aromatic carbocycles. The predicted octanol–water partition coefficient (Wildman–Crippen LogP) is 3.77. The number of anilines is 1. The van der Waals surface area contributed by atoms with Crippen LogP contribution in [0.25, 0.3) is 5.65 Å². The van der Waals surface area contributed by atoms with Crippen molar-refractivity contribution in [2.75, 3.05) is 5.32 Å². The number of nitrogens with zero attached hydrogens (tertiary/aromatic N) is 2. The lowest BCUT2D eigenvalue weighted by Gasteiger charge is -2.21. The topological polar surface area (TPSA) is 94.0 Å². The highest BCUT2D eigenvalue weighted by atomic mass is 16.6. The molecule has 158 valence electrons. The Labute approximate surface area is 175 Å². The zero-order valence-electron chi connectivity index (χ0n) is 17.5. The number of carbonyl (C=O) groups is 2. The van der Waals surface area contributed by atoms with E-state index in [1.165, 1.54) is 0 Å². The van der Waals surface area contributed by atoms with E-state index < -0.39 is 17.7 Å². The van der Waals surface area contributed by atoms with Gasteiger partial charge in [-0.3, -0.25) is 4.79 Å². The van der Waals surface area contributed by atoms with Crippen LogP contribution in [0.5, 0.6) is 5.75 Å². The Morgan fingerprint density at radius 3 is 2.70 bits per heavy atom. The van der Waals surface area contributed by atoms with Crippen molar-refractivity contribution in [1.82, 2.24) is 14.7 Å². The van der Waals surface area contributed by atoms with E-state index in [-0.39, 0.29) is 5.91 Å². The lowest BCUT2D eigenvalue weighted by atomic mass is 10.2. The molecular weight excluding hydrogens is 384 g/mol. The van der Waals surface area contributed by atoms with Gasteiger partial charge >= 0.3 is 6.09 Å². The Bertz CT molecular complexity index is 1010. The SMILES string of the molecule is C[C@@H](NC(=O)OC(C)(C)C)C(=O)Nc1cccc(OCc2cn3ccccc3n2)c1. The molecule has 1 atom stereocenters. The molecule has 0 saturated heterocycles. The maximum Gasteiger partial charge on any atom is 0.408 e. The van der Waals surface area contributed by atoms with Crippen molar-refractivity contribution in [1.29, 1.82) is 0 Å². The predicted molar refractivity (Wildman–Crippen MR) is 113 cm³/mol. The Kier molecular flexibility index (Phi) is 6.25. The van der Waals surface area contributed by atoms with E-state index in [9.17, 15) is 9.59 Å². The summed E-state index contributed by atoms with van der Waals surface area (Å²) < 4.78 is 12.9. The van der Waals surface area contributed by atoms with Crippen LogP contribution in [0.15, 0.2) is 54.9 Å². The first-order valence-corrected chi connectivity index (χ1v) is 9.65. The second kappa shape index (κ2) is 8.86. The van der Waals surface area contributed by atoms with Crippen LogP contribution in [0.3, 0.4) is 0 Å². The van der Waals surface area contributed by atoms with Crippen molar-refractivity contribution in [2.45, 2.75) is 45.9 Å². The summed E-state index contributed by atoms with van der Waals surface area (Å²) >= 11 is 0. The molecule has 30 heavy (non-hydrogen) atoms. The third-order valence-electron chi connectivity index (χ3n) is 4.03. The summed E-state index contributed by atoms with van der Waals surface area (Å²) in [5, 5.41) is 5.28. The number of fused-ring (bicyclic) bond motifs is 1. The normalized spacial score (nSPS) is 12.3. The third-order valence-corrected chi connectivity index (χ3v) is 4.03. The largest absolute Gasteiger partial charge is 0.487 e. The Morgan fingerprint density at radius 2 is 1.97 bits per heavy atom. The van der Waals surface area contributed by atoms with Crippen molar-refractivity contribution in [3.05, 3.63) is 60.6 Å². The average molecular weight is 410 g/mol. The summed E-state index contributed by atoms with van der Waals surface area (Å²) in [6, 6.07) is 12.1. The van der Waals surface area contributed by atoms with Crippen LogP contribution in [-0.2, 0) is 16.1 Å². The number of carbonyl (C=O) groups excluding carboxylic acids is 2. The molecule has 2 aromatic heterocycles. The minimum atomic E-state index is -0.762. The number of rotatable bonds is 6. The van der Waals surface area contributed by atoms with Gasteiger partial charge in [0.2, 0.25) is 5.91 Å². The summed E-state index contributed by atoms with van der Waals surface area (Å²) in [4.78, 5) is 28.7. The number of hydrogen-bond donors (Lipinski definition) is 2. The van der Waals surface area contributed by atoms with Gasteiger partial charge in [0.25, 0.3) is 0 Å². The van der Waals surface area contributed by atoms with E-state index in [4.69, 9.17) is 9.47 Å². The molecule has 0 aliphatic rings. The molecule has 8 nitrogen and oxygen atoms in total. The van der Waals surface area contributed by atoms with Gasteiger partial charge < -0.3 is 24.5 Å². The van der Waals surface area contributed by atoms with E-state index in [2.05, 4.69) is 15.6 Å². The number of amides is 2. The second-order valence-corrected chi connectivity index (χ2v) is 7.87. The summed E-state index contributed by atoms with van der Waals surface area (Å²) in [6.07, 6.45) is 3.19.